The van der Waals surface area contributed by atoms with Gasteiger partial charge in [0.25, 0.3) is 0 Å². The molecule has 0 aliphatic carbocycles. The maximum absolute atomic E-state index is 12.1. The summed E-state index contributed by atoms with van der Waals surface area (Å²) in [4.78, 5) is -0.0973. The van der Waals surface area contributed by atoms with Gasteiger partial charge in [-0.2, -0.15) is 10.5 Å². The van der Waals surface area contributed by atoms with E-state index in [1.807, 2.05) is 0 Å². The third-order valence-electron chi connectivity index (χ3n) is 2.73. The van der Waals surface area contributed by atoms with Gasteiger partial charge in [-0.15, -0.1) is 0 Å². The first kappa shape index (κ1) is 17.1. The molecule has 0 unspecified atom stereocenters. The molecule has 0 atom stereocenters. The van der Waals surface area contributed by atoms with Gasteiger partial charge >= 0.3 is 0 Å². The molecule has 0 heterocycles. The van der Waals surface area contributed by atoms with Gasteiger partial charge in [0.15, 0.2) is 9.84 Å². The molecule has 7 nitrogen and oxygen atoms in total. The van der Waals surface area contributed by atoms with Crippen molar-refractivity contribution in [1.29, 1.82) is 10.5 Å². The average molecular weight is 327 g/mol. The normalized spacial score (nSPS) is 11.6. The lowest BCUT2D eigenvalue weighted by molar-refractivity contribution is 0.584. The maximum atomic E-state index is 12.1. The molecule has 0 spiro atoms. The van der Waals surface area contributed by atoms with E-state index in [9.17, 15) is 16.8 Å². The van der Waals surface area contributed by atoms with Crippen LogP contribution in [0.5, 0.6) is 0 Å². The zero-order valence-corrected chi connectivity index (χ0v) is 12.8. The number of hydrogen-bond acceptors (Lipinski definition) is 6. The Morgan fingerprint density at radius 1 is 1.05 bits per heavy atom. The predicted octanol–water partition coefficient (Wildman–Crippen LogP) is 0.143. The molecule has 0 radical (unpaired) electrons. The number of nitriles is 2. The van der Waals surface area contributed by atoms with Gasteiger partial charge in [-0.25, -0.2) is 21.6 Å². The molecule has 0 saturated heterocycles. The summed E-state index contributed by atoms with van der Waals surface area (Å²) in [6.07, 6.45) is -0.0621. The average Bonchev–Trinajstić information content (AvgIpc) is 2.46. The molecule has 21 heavy (non-hydrogen) atoms. The highest BCUT2D eigenvalue weighted by atomic mass is 32.2. The Hall–Kier alpha value is -1.94. The van der Waals surface area contributed by atoms with E-state index < -0.39 is 19.9 Å². The number of hydrogen-bond donors (Lipinski definition) is 1. The van der Waals surface area contributed by atoms with Crippen molar-refractivity contribution in [2.45, 2.75) is 11.3 Å². The van der Waals surface area contributed by atoms with Crippen LogP contribution < -0.4 is 4.72 Å². The summed E-state index contributed by atoms with van der Waals surface area (Å²) in [5, 5.41) is 17.6. The van der Waals surface area contributed by atoms with Crippen LogP contribution in [0, 0.1) is 22.7 Å². The van der Waals surface area contributed by atoms with Gasteiger partial charge in [0.1, 0.15) is 12.1 Å². The summed E-state index contributed by atoms with van der Waals surface area (Å²) >= 11 is 0. The smallest absolute Gasteiger partial charge is 0.211 e. The second kappa shape index (κ2) is 6.68. The van der Waals surface area contributed by atoms with Crippen molar-refractivity contribution in [2.24, 2.45) is 0 Å². The molecule has 0 fully saturated rings. The fourth-order valence-corrected chi connectivity index (χ4v) is 3.81. The first-order chi connectivity index (χ1) is 9.75. The molecule has 0 aromatic heterocycles. The Labute approximate surface area is 123 Å². The highest BCUT2D eigenvalue weighted by Crippen LogP contribution is 2.17. The summed E-state index contributed by atoms with van der Waals surface area (Å²) in [5.41, 5.74) is 0.0654. The number of sulfonamides is 1. The van der Waals surface area contributed by atoms with Crippen molar-refractivity contribution in [2.75, 3.05) is 18.6 Å². The molecular formula is C12H13N3O4S2. The predicted molar refractivity (Wildman–Crippen MR) is 75.4 cm³/mol. The van der Waals surface area contributed by atoms with Crippen LogP contribution in [0.3, 0.4) is 0 Å². The number of benzene rings is 1. The SMILES string of the molecule is CNS(=O)(=O)CCCS(=O)(=O)c1ccc(C#N)c(C#N)c1. The standard InChI is InChI=1S/C12H13N3O4S2/c1-15-21(18,19)6-2-5-20(16,17)12-4-3-10(8-13)11(7-12)9-14/h3-4,7,15H,2,5-6H2,1H3. The Morgan fingerprint density at radius 3 is 2.19 bits per heavy atom. The molecule has 112 valence electrons. The van der Waals surface area contributed by atoms with Crippen LogP contribution in [0.4, 0.5) is 0 Å². The fraction of sp³-hybridized carbons (Fsp3) is 0.333. The van der Waals surface area contributed by atoms with Crippen molar-refractivity contribution in [3.8, 4) is 12.1 Å². The van der Waals surface area contributed by atoms with Crippen LogP contribution in [0.2, 0.25) is 0 Å². The zero-order valence-electron chi connectivity index (χ0n) is 11.2. The third-order valence-corrected chi connectivity index (χ3v) is 5.97. The largest absolute Gasteiger partial charge is 0.224 e. The molecule has 0 bridgehead atoms. The highest BCUT2D eigenvalue weighted by molar-refractivity contribution is 7.91. The molecular weight excluding hydrogens is 314 g/mol. The lowest BCUT2D eigenvalue weighted by atomic mass is 10.1. The van der Waals surface area contributed by atoms with Crippen LogP contribution in [-0.4, -0.2) is 35.4 Å². The van der Waals surface area contributed by atoms with E-state index in [0.717, 1.165) is 6.07 Å². The van der Waals surface area contributed by atoms with Gasteiger partial charge < -0.3 is 0 Å². The maximum Gasteiger partial charge on any atom is 0.211 e. The van der Waals surface area contributed by atoms with Crippen LogP contribution in [0.1, 0.15) is 17.5 Å². The topological polar surface area (TPSA) is 128 Å². The second-order valence-electron chi connectivity index (χ2n) is 4.13. The van der Waals surface area contributed by atoms with Crippen LogP contribution in [-0.2, 0) is 19.9 Å². The molecule has 0 amide bonds. The Kier molecular flexibility index (Phi) is 5.44. The van der Waals surface area contributed by atoms with E-state index in [-0.39, 0.29) is 33.9 Å². The molecule has 0 aliphatic heterocycles. The van der Waals surface area contributed by atoms with Crippen molar-refractivity contribution < 1.29 is 16.8 Å². The Balaban J connectivity index is 2.95. The quantitative estimate of drug-likeness (QED) is 0.791. The zero-order chi connectivity index (χ0) is 16.1. The summed E-state index contributed by atoms with van der Waals surface area (Å²) in [6, 6.07) is 7.17. The van der Waals surface area contributed by atoms with Gasteiger partial charge in [-0.3, -0.25) is 0 Å². The first-order valence-corrected chi connectivity index (χ1v) is 9.14. The lowest BCUT2D eigenvalue weighted by Crippen LogP contribution is -2.23. The minimum atomic E-state index is -3.70. The Morgan fingerprint density at radius 2 is 1.67 bits per heavy atom. The molecule has 9 heteroatoms. The number of nitrogens with zero attached hydrogens (tertiary/aromatic N) is 2. The first-order valence-electron chi connectivity index (χ1n) is 5.84. The van der Waals surface area contributed by atoms with Crippen LogP contribution in [0.25, 0.3) is 0 Å². The monoisotopic (exact) mass is 327 g/mol. The van der Waals surface area contributed by atoms with E-state index in [4.69, 9.17) is 10.5 Å². The summed E-state index contributed by atoms with van der Waals surface area (Å²) in [5.74, 6) is -0.658. The molecule has 0 saturated carbocycles. The van der Waals surface area contributed by atoms with Gasteiger partial charge in [-0.1, -0.05) is 0 Å². The summed E-state index contributed by atoms with van der Waals surface area (Å²) in [7, 11) is -5.91. The highest BCUT2D eigenvalue weighted by Gasteiger charge is 2.18. The Bertz CT molecular complexity index is 815. The van der Waals surface area contributed by atoms with Crippen molar-refractivity contribution >= 4 is 19.9 Å². The third kappa shape index (κ3) is 4.53. The molecule has 0 aliphatic rings. The fourth-order valence-electron chi connectivity index (χ4n) is 1.57. The number of sulfone groups is 1. The molecule has 1 N–H and O–H groups in total. The summed E-state index contributed by atoms with van der Waals surface area (Å²) < 4.78 is 48.7. The van der Waals surface area contributed by atoms with Gasteiger partial charge in [-0.05, 0) is 31.7 Å². The molecule has 1 rings (SSSR count). The lowest BCUT2D eigenvalue weighted by Gasteiger charge is -2.06. The minimum absolute atomic E-state index is 0.0265. The van der Waals surface area contributed by atoms with E-state index in [0.29, 0.717) is 0 Å². The van der Waals surface area contributed by atoms with E-state index in [2.05, 4.69) is 4.72 Å². The van der Waals surface area contributed by atoms with Gasteiger partial charge in [0.2, 0.25) is 10.0 Å². The minimum Gasteiger partial charge on any atom is -0.224 e. The number of nitrogens with one attached hydrogen (secondary N) is 1. The van der Waals surface area contributed by atoms with Gasteiger partial charge in [0, 0.05) is 0 Å². The van der Waals surface area contributed by atoms with Crippen molar-refractivity contribution in [3.05, 3.63) is 29.3 Å². The van der Waals surface area contributed by atoms with Gasteiger partial charge in [0.05, 0.1) is 27.5 Å². The number of rotatable bonds is 6. The van der Waals surface area contributed by atoms with E-state index in [1.54, 1.807) is 12.1 Å². The molecule has 1 aromatic carbocycles. The second-order valence-corrected chi connectivity index (χ2v) is 8.28. The van der Waals surface area contributed by atoms with Crippen molar-refractivity contribution in [1.82, 2.24) is 4.72 Å². The van der Waals surface area contributed by atoms with Crippen LogP contribution >= 0.6 is 0 Å². The van der Waals surface area contributed by atoms with E-state index >= 15 is 0 Å². The molecule has 1 aromatic rings. The summed E-state index contributed by atoms with van der Waals surface area (Å²) in [6.45, 7) is 0. The van der Waals surface area contributed by atoms with Crippen molar-refractivity contribution in [3.63, 3.8) is 0 Å². The van der Waals surface area contributed by atoms with E-state index in [1.165, 1.54) is 19.2 Å². The van der Waals surface area contributed by atoms with Crippen LogP contribution in [0.15, 0.2) is 23.1 Å².